The lowest BCUT2D eigenvalue weighted by Crippen LogP contribution is -2.33. The third kappa shape index (κ3) is 4.16. The first-order chi connectivity index (χ1) is 15.2. The summed E-state index contributed by atoms with van der Waals surface area (Å²) in [4.78, 5) is 22.6. The fourth-order valence-electron chi connectivity index (χ4n) is 3.76. The summed E-state index contributed by atoms with van der Waals surface area (Å²) in [7, 11) is 0. The minimum Gasteiger partial charge on any atom is -0.493 e. The van der Waals surface area contributed by atoms with Gasteiger partial charge in [0.25, 0.3) is 0 Å². The van der Waals surface area contributed by atoms with Crippen molar-refractivity contribution in [3.05, 3.63) is 71.4 Å². The average molecular weight is 448 g/mol. The summed E-state index contributed by atoms with van der Waals surface area (Å²) >= 11 is 3.06. The van der Waals surface area contributed by atoms with Crippen LogP contribution in [0, 0.1) is 6.92 Å². The zero-order valence-corrected chi connectivity index (χ0v) is 18.6. The van der Waals surface area contributed by atoms with Gasteiger partial charge in [0.1, 0.15) is 21.9 Å². The quantitative estimate of drug-likeness (QED) is 0.328. The number of carbonyl (C=O) groups is 1. The van der Waals surface area contributed by atoms with Crippen molar-refractivity contribution in [2.45, 2.75) is 24.4 Å². The molecule has 156 valence electrons. The molecule has 5 nitrogen and oxygen atoms in total. The number of amides is 1. The highest BCUT2D eigenvalue weighted by Gasteiger charge is 2.23. The van der Waals surface area contributed by atoms with Crippen molar-refractivity contribution in [1.29, 1.82) is 0 Å². The Labute approximate surface area is 188 Å². The van der Waals surface area contributed by atoms with Crippen molar-refractivity contribution < 1.29 is 9.53 Å². The van der Waals surface area contributed by atoms with Crippen LogP contribution in [0.4, 0.5) is 0 Å². The van der Waals surface area contributed by atoms with Crippen LogP contribution < -0.4 is 10.1 Å². The highest BCUT2D eigenvalue weighted by molar-refractivity contribution is 8.00. The number of fused-ring (bicyclic) bond motifs is 2. The summed E-state index contributed by atoms with van der Waals surface area (Å²) in [6.45, 7) is 2.69. The maximum absolute atomic E-state index is 12.7. The molecule has 2 aromatic heterocycles. The number of thioether (sulfide) groups is 1. The highest BCUT2D eigenvalue weighted by atomic mass is 32.2. The van der Waals surface area contributed by atoms with Gasteiger partial charge in [0.15, 0.2) is 0 Å². The smallest absolute Gasteiger partial charge is 0.230 e. The van der Waals surface area contributed by atoms with Crippen LogP contribution in [0.2, 0.25) is 0 Å². The van der Waals surface area contributed by atoms with E-state index in [0.29, 0.717) is 12.4 Å². The number of thiophene rings is 1. The predicted molar refractivity (Wildman–Crippen MR) is 126 cm³/mol. The molecule has 0 saturated carbocycles. The summed E-state index contributed by atoms with van der Waals surface area (Å²) in [5.41, 5.74) is 4.51. The van der Waals surface area contributed by atoms with Gasteiger partial charge in [0.2, 0.25) is 5.91 Å². The summed E-state index contributed by atoms with van der Waals surface area (Å²) in [5.74, 6) is 1.14. The molecule has 1 atom stereocenters. The van der Waals surface area contributed by atoms with E-state index in [4.69, 9.17) is 4.74 Å². The van der Waals surface area contributed by atoms with Gasteiger partial charge in [-0.1, -0.05) is 59.8 Å². The zero-order chi connectivity index (χ0) is 21.2. The van der Waals surface area contributed by atoms with E-state index >= 15 is 0 Å². The van der Waals surface area contributed by atoms with Gasteiger partial charge in [0.05, 0.1) is 23.8 Å². The summed E-state index contributed by atoms with van der Waals surface area (Å²) in [6, 6.07) is 16.3. The molecule has 3 heterocycles. The van der Waals surface area contributed by atoms with Gasteiger partial charge in [-0.3, -0.25) is 4.79 Å². The number of aryl methyl sites for hydroxylation is 1. The fraction of sp³-hybridized carbons (Fsp3) is 0.208. The first-order valence-corrected chi connectivity index (χ1v) is 12.0. The molecule has 0 unspecified atom stereocenters. The lowest BCUT2D eigenvalue weighted by atomic mass is 10.0. The van der Waals surface area contributed by atoms with E-state index in [1.807, 2.05) is 24.3 Å². The van der Waals surface area contributed by atoms with Crippen molar-refractivity contribution in [1.82, 2.24) is 15.3 Å². The Morgan fingerprint density at radius 3 is 2.90 bits per heavy atom. The number of carbonyl (C=O) groups excluding carboxylic acids is 1. The Hall–Kier alpha value is -2.90. The molecule has 7 heteroatoms. The van der Waals surface area contributed by atoms with Crippen LogP contribution in [0.5, 0.6) is 5.75 Å². The topological polar surface area (TPSA) is 64.1 Å². The Balaban J connectivity index is 1.34. The molecule has 0 saturated heterocycles. The molecule has 2 aromatic carbocycles. The molecule has 0 fully saturated rings. The van der Waals surface area contributed by atoms with Crippen LogP contribution in [0.25, 0.3) is 21.3 Å². The second-order valence-corrected chi connectivity index (χ2v) is 9.28. The Bertz CT molecular complexity index is 1240. The lowest BCUT2D eigenvalue weighted by molar-refractivity contribution is -0.119. The molecular formula is C24H21N3O2S2. The maximum Gasteiger partial charge on any atom is 0.230 e. The summed E-state index contributed by atoms with van der Waals surface area (Å²) in [6.07, 6.45) is 2.35. The number of nitrogens with zero attached hydrogens (tertiary/aromatic N) is 2. The molecule has 0 aliphatic carbocycles. The Morgan fingerprint density at radius 2 is 2.03 bits per heavy atom. The number of ether oxygens (including phenoxy) is 1. The third-order valence-electron chi connectivity index (χ3n) is 5.33. The van der Waals surface area contributed by atoms with E-state index in [9.17, 15) is 4.79 Å². The summed E-state index contributed by atoms with van der Waals surface area (Å²) in [5, 5.41) is 7.13. The molecule has 31 heavy (non-hydrogen) atoms. The third-order valence-corrected chi connectivity index (χ3v) is 7.21. The van der Waals surface area contributed by atoms with Crippen LogP contribution in [-0.4, -0.2) is 28.2 Å². The van der Waals surface area contributed by atoms with Crippen molar-refractivity contribution in [3.8, 4) is 16.9 Å². The minimum absolute atomic E-state index is 0.00872. The fourth-order valence-corrected chi connectivity index (χ4v) is 5.57. The van der Waals surface area contributed by atoms with Gasteiger partial charge < -0.3 is 10.1 Å². The maximum atomic E-state index is 12.7. The number of nitrogens with one attached hydrogen (secondary N) is 1. The second-order valence-electron chi connectivity index (χ2n) is 7.46. The Morgan fingerprint density at radius 1 is 1.19 bits per heavy atom. The number of aromatic nitrogens is 2. The van der Waals surface area contributed by atoms with E-state index in [-0.39, 0.29) is 11.9 Å². The number of hydrogen-bond donors (Lipinski definition) is 1. The molecule has 0 spiro atoms. The number of benzene rings is 2. The zero-order valence-electron chi connectivity index (χ0n) is 17.0. The van der Waals surface area contributed by atoms with Crippen LogP contribution >= 0.6 is 23.1 Å². The van der Waals surface area contributed by atoms with Gasteiger partial charge in [-0.05, 0) is 18.6 Å². The van der Waals surface area contributed by atoms with Crippen molar-refractivity contribution >= 4 is 39.2 Å². The van der Waals surface area contributed by atoms with E-state index < -0.39 is 0 Å². The van der Waals surface area contributed by atoms with E-state index in [2.05, 4.69) is 51.9 Å². The Kier molecular flexibility index (Phi) is 5.61. The SMILES string of the molecule is Cc1ccc(-c2csc3ncnc(SCC(=O)N[C@@H]4CCOc5ccccc54)c23)cc1. The van der Waals surface area contributed by atoms with E-state index in [1.165, 1.54) is 17.3 Å². The van der Waals surface area contributed by atoms with Crippen molar-refractivity contribution in [3.63, 3.8) is 0 Å². The average Bonchev–Trinajstić information content (AvgIpc) is 3.23. The molecule has 5 rings (SSSR count). The number of rotatable bonds is 5. The van der Waals surface area contributed by atoms with E-state index in [0.717, 1.165) is 44.1 Å². The highest BCUT2D eigenvalue weighted by Crippen LogP contribution is 2.38. The molecule has 0 bridgehead atoms. The van der Waals surface area contributed by atoms with Crippen LogP contribution in [0.3, 0.4) is 0 Å². The van der Waals surface area contributed by atoms with Crippen LogP contribution in [-0.2, 0) is 4.79 Å². The second kappa shape index (κ2) is 8.69. The van der Waals surface area contributed by atoms with Crippen molar-refractivity contribution in [2.75, 3.05) is 12.4 Å². The first kappa shape index (κ1) is 20.0. The molecule has 0 radical (unpaired) electrons. The normalized spacial score (nSPS) is 15.3. The molecular weight excluding hydrogens is 426 g/mol. The van der Waals surface area contributed by atoms with Gasteiger partial charge in [-0.25, -0.2) is 9.97 Å². The monoisotopic (exact) mass is 447 g/mol. The minimum atomic E-state index is -0.0206. The molecule has 1 aliphatic heterocycles. The van der Waals surface area contributed by atoms with Gasteiger partial charge in [-0.2, -0.15) is 0 Å². The molecule has 4 aromatic rings. The van der Waals surface area contributed by atoms with Crippen LogP contribution in [0.15, 0.2) is 65.3 Å². The summed E-state index contributed by atoms with van der Waals surface area (Å²) < 4.78 is 5.69. The predicted octanol–water partition coefficient (Wildman–Crippen LogP) is 5.40. The lowest BCUT2D eigenvalue weighted by Gasteiger charge is -2.26. The number of hydrogen-bond acceptors (Lipinski definition) is 6. The van der Waals surface area contributed by atoms with E-state index in [1.54, 1.807) is 17.7 Å². The standard InChI is InChI=1S/C24H21N3O2S2/c1-15-6-8-16(9-7-15)18-12-30-23-22(18)24(26-14-25-23)31-13-21(28)27-19-10-11-29-20-5-3-2-4-17(19)20/h2-9,12,14,19H,10-11,13H2,1H3,(H,27,28)/t19-/m1/s1. The first-order valence-electron chi connectivity index (χ1n) is 10.1. The molecule has 1 aliphatic rings. The van der Waals surface area contributed by atoms with Crippen LogP contribution in [0.1, 0.15) is 23.6 Å². The van der Waals surface area contributed by atoms with Gasteiger partial charge in [-0.15, -0.1) is 11.3 Å². The number of para-hydroxylation sites is 1. The van der Waals surface area contributed by atoms with Crippen molar-refractivity contribution in [2.24, 2.45) is 0 Å². The van der Waals surface area contributed by atoms with Gasteiger partial charge in [0, 0.05) is 22.9 Å². The van der Waals surface area contributed by atoms with Gasteiger partial charge >= 0.3 is 0 Å². The molecule has 1 amide bonds. The molecule has 1 N–H and O–H groups in total. The largest absolute Gasteiger partial charge is 0.493 e.